The average Bonchev–Trinajstić information content (AvgIpc) is 3.17. The number of amides is 1. The lowest BCUT2D eigenvalue weighted by molar-refractivity contribution is 0.102. The van der Waals surface area contributed by atoms with Crippen molar-refractivity contribution in [2.45, 2.75) is 13.8 Å². The van der Waals surface area contributed by atoms with E-state index in [1.807, 2.05) is 49.6 Å². The predicted octanol–water partition coefficient (Wildman–Crippen LogP) is 4.70. The lowest BCUT2D eigenvalue weighted by Crippen LogP contribution is -2.15. The zero-order chi connectivity index (χ0) is 18.7. The molecule has 0 saturated heterocycles. The van der Waals surface area contributed by atoms with Gasteiger partial charge in [0.25, 0.3) is 5.91 Å². The number of pyridine rings is 1. The molecule has 5 nitrogen and oxygen atoms in total. The van der Waals surface area contributed by atoms with Crippen LogP contribution in [-0.2, 0) is 0 Å². The van der Waals surface area contributed by atoms with Crippen molar-refractivity contribution < 1.29 is 14.3 Å². The monoisotopic (exact) mass is 368 g/mol. The lowest BCUT2D eigenvalue weighted by atomic mass is 10.1. The molecule has 2 aromatic heterocycles. The minimum absolute atomic E-state index is 0.206. The number of carbonyl (C=O) groups excluding carboxylic acids is 1. The highest BCUT2D eigenvalue weighted by molar-refractivity contribution is 7.13. The summed E-state index contributed by atoms with van der Waals surface area (Å²) in [6.45, 7) is 3.75. The number of methoxy groups -OCH3 is 2. The first-order chi connectivity index (χ1) is 12.5. The molecule has 3 aromatic rings. The Kier molecular flexibility index (Phi) is 5.23. The third kappa shape index (κ3) is 3.55. The van der Waals surface area contributed by atoms with E-state index in [4.69, 9.17) is 9.47 Å². The minimum Gasteiger partial charge on any atom is -0.493 e. The highest BCUT2D eigenvalue weighted by Crippen LogP contribution is 2.33. The van der Waals surface area contributed by atoms with Crippen molar-refractivity contribution in [1.82, 2.24) is 4.98 Å². The maximum Gasteiger partial charge on any atom is 0.257 e. The number of thiophene rings is 1. The zero-order valence-corrected chi connectivity index (χ0v) is 15.9. The molecule has 0 saturated carbocycles. The average molecular weight is 368 g/mol. The SMILES string of the molecule is COc1cc(C)c(NC(=O)c2ccc(-c3cccs3)nc2C)cc1OC. The van der Waals surface area contributed by atoms with E-state index in [1.54, 1.807) is 31.6 Å². The summed E-state index contributed by atoms with van der Waals surface area (Å²) in [5.74, 6) is 0.987. The Hall–Kier alpha value is -2.86. The van der Waals surface area contributed by atoms with Crippen molar-refractivity contribution in [3.8, 4) is 22.1 Å². The van der Waals surface area contributed by atoms with Crippen LogP contribution >= 0.6 is 11.3 Å². The number of carbonyl (C=O) groups is 1. The smallest absolute Gasteiger partial charge is 0.257 e. The summed E-state index contributed by atoms with van der Waals surface area (Å²) in [5.41, 5.74) is 3.66. The Bertz CT molecular complexity index is 936. The van der Waals surface area contributed by atoms with Crippen LogP contribution in [0.4, 0.5) is 5.69 Å². The van der Waals surface area contributed by atoms with Gasteiger partial charge >= 0.3 is 0 Å². The molecule has 0 unspecified atom stereocenters. The molecule has 134 valence electrons. The number of hydrogen-bond acceptors (Lipinski definition) is 5. The molecule has 0 atom stereocenters. The summed E-state index contributed by atoms with van der Waals surface area (Å²) in [7, 11) is 3.15. The van der Waals surface area contributed by atoms with Crippen LogP contribution < -0.4 is 14.8 Å². The van der Waals surface area contributed by atoms with Crippen molar-refractivity contribution in [2.75, 3.05) is 19.5 Å². The van der Waals surface area contributed by atoms with E-state index >= 15 is 0 Å². The summed E-state index contributed by atoms with van der Waals surface area (Å²) in [4.78, 5) is 18.4. The Labute approximate surface area is 156 Å². The molecule has 26 heavy (non-hydrogen) atoms. The van der Waals surface area contributed by atoms with Crippen molar-refractivity contribution in [2.24, 2.45) is 0 Å². The molecule has 0 bridgehead atoms. The second-order valence-corrected chi connectivity index (χ2v) is 6.73. The Morgan fingerprint density at radius 2 is 1.81 bits per heavy atom. The van der Waals surface area contributed by atoms with Gasteiger partial charge in [0.15, 0.2) is 11.5 Å². The van der Waals surface area contributed by atoms with Gasteiger partial charge in [-0.3, -0.25) is 9.78 Å². The number of ether oxygens (including phenoxy) is 2. The standard InChI is InChI=1S/C20H20N2O3S/c1-12-10-17(24-3)18(25-4)11-16(12)22-20(23)14-7-8-15(21-13(14)2)19-6-5-9-26-19/h5-11H,1-4H3,(H,22,23). The zero-order valence-electron chi connectivity index (χ0n) is 15.1. The molecule has 1 aromatic carbocycles. The quantitative estimate of drug-likeness (QED) is 0.709. The predicted molar refractivity (Wildman–Crippen MR) is 105 cm³/mol. The largest absolute Gasteiger partial charge is 0.493 e. The summed E-state index contributed by atoms with van der Waals surface area (Å²) >= 11 is 1.62. The van der Waals surface area contributed by atoms with E-state index in [-0.39, 0.29) is 5.91 Å². The van der Waals surface area contributed by atoms with Crippen molar-refractivity contribution >= 4 is 22.9 Å². The van der Waals surface area contributed by atoms with Crippen LogP contribution in [0.15, 0.2) is 41.8 Å². The Morgan fingerprint density at radius 1 is 1.08 bits per heavy atom. The highest BCUT2D eigenvalue weighted by Gasteiger charge is 2.15. The second-order valence-electron chi connectivity index (χ2n) is 5.78. The minimum atomic E-state index is -0.206. The van der Waals surface area contributed by atoms with Crippen LogP contribution in [0.1, 0.15) is 21.6 Å². The Morgan fingerprint density at radius 3 is 2.42 bits per heavy atom. The molecule has 0 spiro atoms. The number of nitrogens with zero attached hydrogens (tertiary/aromatic N) is 1. The molecule has 0 fully saturated rings. The van der Waals surface area contributed by atoms with Gasteiger partial charge in [-0.05, 0) is 49.1 Å². The summed E-state index contributed by atoms with van der Waals surface area (Å²) in [5, 5.41) is 4.94. The molecule has 3 rings (SSSR count). The number of rotatable bonds is 5. The van der Waals surface area contributed by atoms with Crippen LogP contribution in [0.5, 0.6) is 11.5 Å². The lowest BCUT2D eigenvalue weighted by Gasteiger charge is -2.14. The maximum absolute atomic E-state index is 12.7. The van der Waals surface area contributed by atoms with Gasteiger partial charge in [0.05, 0.1) is 36.0 Å². The molecule has 1 amide bonds. The van der Waals surface area contributed by atoms with Gasteiger partial charge in [0.2, 0.25) is 0 Å². The number of anilines is 1. The van der Waals surface area contributed by atoms with Crippen LogP contribution in [-0.4, -0.2) is 25.1 Å². The number of hydrogen-bond donors (Lipinski definition) is 1. The molecule has 0 aliphatic heterocycles. The van der Waals surface area contributed by atoms with Crippen LogP contribution in [0.3, 0.4) is 0 Å². The van der Waals surface area contributed by atoms with E-state index in [0.717, 1.165) is 16.1 Å². The third-order valence-corrected chi connectivity index (χ3v) is 4.98. The van der Waals surface area contributed by atoms with Crippen LogP contribution in [0.25, 0.3) is 10.6 Å². The van der Waals surface area contributed by atoms with E-state index in [9.17, 15) is 4.79 Å². The first-order valence-corrected chi connectivity index (χ1v) is 8.97. The van der Waals surface area contributed by atoms with E-state index in [2.05, 4.69) is 10.3 Å². The molecule has 1 N–H and O–H groups in total. The molecule has 6 heteroatoms. The third-order valence-electron chi connectivity index (χ3n) is 4.08. The van der Waals surface area contributed by atoms with E-state index < -0.39 is 0 Å². The molecule has 0 radical (unpaired) electrons. The van der Waals surface area contributed by atoms with Gasteiger partial charge < -0.3 is 14.8 Å². The number of aryl methyl sites for hydroxylation is 2. The van der Waals surface area contributed by atoms with Crippen LogP contribution in [0, 0.1) is 13.8 Å². The molecular weight excluding hydrogens is 348 g/mol. The van der Waals surface area contributed by atoms with E-state index in [1.165, 1.54) is 0 Å². The van der Waals surface area contributed by atoms with Gasteiger partial charge in [-0.25, -0.2) is 0 Å². The molecule has 0 aliphatic rings. The van der Waals surface area contributed by atoms with Crippen molar-refractivity contribution in [3.63, 3.8) is 0 Å². The highest BCUT2D eigenvalue weighted by atomic mass is 32.1. The molecular formula is C20H20N2O3S. The Balaban J connectivity index is 1.87. The fraction of sp³-hybridized carbons (Fsp3) is 0.200. The van der Waals surface area contributed by atoms with Gasteiger partial charge in [-0.1, -0.05) is 6.07 Å². The van der Waals surface area contributed by atoms with Gasteiger partial charge in [-0.2, -0.15) is 0 Å². The summed E-state index contributed by atoms with van der Waals surface area (Å²) in [6, 6.07) is 11.3. The van der Waals surface area contributed by atoms with Crippen molar-refractivity contribution in [1.29, 1.82) is 0 Å². The number of aromatic nitrogens is 1. The van der Waals surface area contributed by atoms with E-state index in [0.29, 0.717) is 28.4 Å². The van der Waals surface area contributed by atoms with Crippen molar-refractivity contribution in [3.05, 3.63) is 58.6 Å². The summed E-state index contributed by atoms with van der Waals surface area (Å²) < 4.78 is 10.6. The normalized spacial score (nSPS) is 10.5. The fourth-order valence-corrected chi connectivity index (χ4v) is 3.36. The van der Waals surface area contributed by atoms with Gasteiger partial charge in [-0.15, -0.1) is 11.3 Å². The number of benzene rings is 1. The first kappa shape index (κ1) is 17.9. The maximum atomic E-state index is 12.7. The topological polar surface area (TPSA) is 60.5 Å². The second kappa shape index (κ2) is 7.58. The van der Waals surface area contributed by atoms with Gasteiger partial charge in [0.1, 0.15) is 0 Å². The molecule has 2 heterocycles. The van der Waals surface area contributed by atoms with Crippen LogP contribution in [0.2, 0.25) is 0 Å². The van der Waals surface area contributed by atoms with Gasteiger partial charge in [0, 0.05) is 11.8 Å². The summed E-state index contributed by atoms with van der Waals surface area (Å²) in [6.07, 6.45) is 0. The molecule has 0 aliphatic carbocycles. The fourth-order valence-electron chi connectivity index (χ4n) is 2.67. The number of nitrogens with one attached hydrogen (secondary N) is 1. The first-order valence-electron chi connectivity index (χ1n) is 8.09.